The van der Waals surface area contributed by atoms with Crippen molar-refractivity contribution < 1.29 is 25.2 Å². The second kappa shape index (κ2) is 14.3. The summed E-state index contributed by atoms with van der Waals surface area (Å²) in [5.74, 6) is 0.818. The maximum Gasteiger partial charge on any atom is 0.188 e. The van der Waals surface area contributed by atoms with E-state index in [1.807, 2.05) is 47.2 Å². The molecule has 55 heavy (non-hydrogen) atoms. The van der Waals surface area contributed by atoms with E-state index in [1.165, 1.54) is 14.9 Å². The van der Waals surface area contributed by atoms with Crippen molar-refractivity contribution in [3.05, 3.63) is 207 Å². The predicted octanol–water partition coefficient (Wildman–Crippen LogP) is 8.38. The molecule has 0 amide bonds. The number of nitrogens with zero attached hydrogens (tertiary/aromatic N) is 4. The first-order valence-electron chi connectivity index (χ1n) is 19.6. The molecule has 3 heterocycles. The first-order valence-corrected chi connectivity index (χ1v) is 20.1. The van der Waals surface area contributed by atoms with Gasteiger partial charge in [-0.15, -0.1) is 22.7 Å². The number of aryl methyl sites for hydroxylation is 1. The Kier molecular flexibility index (Phi) is 8.10. The number of benzene rings is 7. The molecule has 10 aromatic rings. The van der Waals surface area contributed by atoms with E-state index in [0.717, 1.165) is 60.3 Å². The van der Waals surface area contributed by atoms with Gasteiger partial charge in [-0.3, -0.25) is 0 Å². The summed E-state index contributed by atoms with van der Waals surface area (Å²) in [4.78, 5) is 4.97. The summed E-state index contributed by atoms with van der Waals surface area (Å²) in [5, 5.41) is 6.68. The van der Waals surface area contributed by atoms with E-state index in [-0.39, 0.29) is 21.1 Å². The van der Waals surface area contributed by atoms with Gasteiger partial charge in [0.05, 0.1) is 0 Å². The number of imidazole rings is 1. The van der Waals surface area contributed by atoms with Gasteiger partial charge in [0.15, 0.2) is 17.4 Å². The summed E-state index contributed by atoms with van der Waals surface area (Å²) in [7, 11) is -3.19. The molecule has 0 atom stereocenters. The monoisotopic (exact) mass is 905 g/mol. The van der Waals surface area contributed by atoms with E-state index in [9.17, 15) is 0 Å². The average Bonchev–Trinajstić information content (AvgIpc) is 3.82. The molecule has 0 aliphatic rings. The average molecular weight is 906 g/mol. The Morgan fingerprint density at radius 3 is 1.93 bits per heavy atom. The zero-order chi connectivity index (χ0) is 38.6. The molecule has 266 valence electrons. The Labute approximate surface area is 340 Å². The molecule has 0 bridgehead atoms. The third kappa shape index (κ3) is 5.70. The van der Waals surface area contributed by atoms with Gasteiger partial charge in [-0.1, -0.05) is 115 Å². The number of rotatable bonds is 7. The van der Waals surface area contributed by atoms with Crippen LogP contribution in [0.4, 0.5) is 0 Å². The molecule has 0 spiro atoms. The van der Waals surface area contributed by atoms with Crippen LogP contribution >= 0.6 is 0 Å². The molecule has 0 saturated heterocycles. The first-order chi connectivity index (χ1) is 27.9. The van der Waals surface area contributed by atoms with E-state index < -0.39 is 15.0 Å². The first kappa shape index (κ1) is 31.2. The van der Waals surface area contributed by atoms with Crippen molar-refractivity contribution in [1.82, 2.24) is 18.7 Å². The summed E-state index contributed by atoms with van der Waals surface area (Å²) >= 11 is 0. The maximum absolute atomic E-state index is 8.32. The van der Waals surface area contributed by atoms with Gasteiger partial charge >= 0.3 is 0 Å². The summed E-state index contributed by atoms with van der Waals surface area (Å²) in [5.41, 5.74) is 6.39. The summed E-state index contributed by atoms with van der Waals surface area (Å²) in [6, 6.07) is 70.9. The van der Waals surface area contributed by atoms with Gasteiger partial charge in [0.25, 0.3) is 0 Å². The fourth-order valence-electron chi connectivity index (χ4n) is 8.13. The maximum atomic E-state index is 8.32. The molecule has 10 rings (SSSR count). The predicted molar refractivity (Wildman–Crippen MR) is 226 cm³/mol. The Morgan fingerprint density at radius 1 is 0.564 bits per heavy atom. The van der Waals surface area contributed by atoms with E-state index in [2.05, 4.69) is 162 Å². The van der Waals surface area contributed by atoms with Gasteiger partial charge < -0.3 is 4.57 Å². The summed E-state index contributed by atoms with van der Waals surface area (Å²) in [6.45, 7) is -2.35. The molecule has 0 fully saturated rings. The minimum Gasteiger partial charge on any atom is -0.319 e. The SMILES string of the molecule is [2H]C([2H])([2H])n1[cH+]n(-c2[c-]c([Si](c3[c-]c4c(cc3)c3ccccc3n4-c3cc(-c4ccccc4)ccn3)(c3ccccc3)c3ccccc3)ccc2)c2ccccc21.[Pt]. The van der Waals surface area contributed by atoms with Crippen LogP contribution in [0.15, 0.2) is 195 Å². The van der Waals surface area contributed by atoms with Crippen molar-refractivity contribution in [1.29, 1.82) is 0 Å². The molecular formula is C49H35N4PtSi-. The van der Waals surface area contributed by atoms with E-state index in [4.69, 9.17) is 9.10 Å². The summed E-state index contributed by atoms with van der Waals surface area (Å²) in [6.07, 6.45) is 3.56. The number of hydrogen-bond acceptors (Lipinski definition) is 1. The van der Waals surface area contributed by atoms with Crippen LogP contribution in [0.5, 0.6) is 0 Å². The van der Waals surface area contributed by atoms with Gasteiger partial charge in [-0.05, 0) is 57.2 Å². The Morgan fingerprint density at radius 2 is 1.20 bits per heavy atom. The van der Waals surface area contributed by atoms with E-state index >= 15 is 0 Å². The molecule has 7 aromatic carbocycles. The minimum absolute atomic E-state index is 0. The van der Waals surface area contributed by atoms with E-state index in [0.29, 0.717) is 5.52 Å². The second-order valence-corrected chi connectivity index (χ2v) is 17.3. The molecule has 6 heteroatoms. The molecule has 0 saturated carbocycles. The molecular weight excluding hydrogens is 868 g/mol. The van der Waals surface area contributed by atoms with Crippen molar-refractivity contribution in [3.63, 3.8) is 0 Å². The van der Waals surface area contributed by atoms with Crippen molar-refractivity contribution in [2.45, 2.75) is 0 Å². The largest absolute Gasteiger partial charge is 0.319 e. The summed E-state index contributed by atoms with van der Waals surface area (Å²) < 4.78 is 30.5. The van der Waals surface area contributed by atoms with Gasteiger partial charge in [0.1, 0.15) is 13.9 Å². The van der Waals surface area contributed by atoms with Gasteiger partial charge in [-0.2, -0.15) is 35.5 Å². The van der Waals surface area contributed by atoms with Crippen LogP contribution in [0.3, 0.4) is 0 Å². The fourth-order valence-corrected chi connectivity index (χ4v) is 12.7. The molecule has 0 N–H and O–H groups in total. The number of para-hydroxylation sites is 3. The van der Waals surface area contributed by atoms with Gasteiger partial charge in [-0.25, -0.2) is 14.1 Å². The quantitative estimate of drug-likeness (QED) is 0.0899. The Bertz CT molecular complexity index is 3030. The van der Waals surface area contributed by atoms with Crippen LogP contribution in [-0.4, -0.2) is 26.8 Å². The zero-order valence-electron chi connectivity index (χ0n) is 32.6. The van der Waals surface area contributed by atoms with E-state index in [1.54, 1.807) is 6.33 Å². The van der Waals surface area contributed by atoms with Crippen molar-refractivity contribution in [2.75, 3.05) is 0 Å². The smallest absolute Gasteiger partial charge is 0.188 e. The van der Waals surface area contributed by atoms with Crippen LogP contribution in [0.25, 0.3) is 55.5 Å². The normalized spacial score (nSPS) is 12.6. The van der Waals surface area contributed by atoms with Gasteiger partial charge in [0.2, 0.25) is 0 Å². The minimum atomic E-state index is -3.19. The fraction of sp³-hybridized carbons (Fsp3) is 0.0204. The zero-order valence-corrected chi connectivity index (χ0v) is 32.9. The molecule has 0 unspecified atom stereocenters. The number of pyridine rings is 1. The third-order valence-electron chi connectivity index (χ3n) is 10.6. The molecule has 3 aromatic heterocycles. The Hall–Kier alpha value is -6.13. The standard InChI is InChI=1S/C49H35N4Si.Pt/c1-51-35-52(47-27-14-13-26-46(47)51)38-18-15-23-41(33-38)54(39-19-7-3-8-20-39,40-21-9-4-10-22-40)42-28-29-44-43-24-11-12-25-45(43)53(48(44)34-42)49-32-37(30-31-50-49)36-16-5-2-6-17-36;/h2-32,35H,1H3;/q-1;/i1D3;. The van der Waals surface area contributed by atoms with Crippen LogP contribution in [-0.2, 0) is 28.0 Å². The third-order valence-corrected chi connectivity index (χ3v) is 15.2. The van der Waals surface area contributed by atoms with Crippen molar-refractivity contribution in [3.8, 4) is 22.6 Å². The number of fused-ring (bicyclic) bond motifs is 4. The Balaban J connectivity index is 0.00000436. The van der Waals surface area contributed by atoms with Crippen LogP contribution in [0.2, 0.25) is 0 Å². The van der Waals surface area contributed by atoms with Crippen LogP contribution in [0.1, 0.15) is 4.11 Å². The molecule has 4 nitrogen and oxygen atoms in total. The second-order valence-electron chi connectivity index (χ2n) is 13.5. The topological polar surface area (TPSA) is 27.7 Å². The molecule has 0 aliphatic heterocycles. The molecule has 0 radical (unpaired) electrons. The van der Waals surface area contributed by atoms with Crippen molar-refractivity contribution in [2.24, 2.45) is 6.98 Å². The van der Waals surface area contributed by atoms with Crippen molar-refractivity contribution >= 4 is 61.7 Å². The van der Waals surface area contributed by atoms with Crippen LogP contribution in [0, 0.1) is 12.1 Å². The number of aromatic nitrogens is 4. The van der Waals surface area contributed by atoms with Gasteiger partial charge in [0, 0.05) is 61.7 Å². The number of hydrogen-bond donors (Lipinski definition) is 0. The molecule has 0 aliphatic carbocycles. The van der Waals surface area contributed by atoms with Crippen LogP contribution < -0.4 is 20.7 Å².